The molecule has 0 spiro atoms. The van der Waals surface area contributed by atoms with Crippen molar-refractivity contribution in [3.05, 3.63) is 5.01 Å². The van der Waals surface area contributed by atoms with Crippen molar-refractivity contribution in [3.8, 4) is 0 Å². The molecule has 0 radical (unpaired) electrons. The number of nitrogens with zero attached hydrogens (tertiary/aromatic N) is 2. The molecule has 1 aromatic heterocycles. The molecule has 80 valence electrons. The molecule has 0 bridgehead atoms. The predicted molar refractivity (Wildman–Crippen MR) is 63.1 cm³/mol. The highest BCUT2D eigenvalue weighted by Gasteiger charge is 2.08. The van der Waals surface area contributed by atoms with Crippen molar-refractivity contribution in [2.24, 2.45) is 0 Å². The Morgan fingerprint density at radius 3 is 2.57 bits per heavy atom. The largest absolute Gasteiger partial charge is 0.313 e. The molecule has 1 rings (SSSR count). The topological polar surface area (TPSA) is 37.8 Å². The summed E-state index contributed by atoms with van der Waals surface area (Å²) in [6.45, 7) is 9.52. The van der Waals surface area contributed by atoms with Crippen molar-refractivity contribution in [2.75, 3.05) is 6.54 Å². The van der Waals surface area contributed by atoms with E-state index in [1.807, 2.05) is 6.92 Å². The fourth-order valence-electron chi connectivity index (χ4n) is 0.941. The van der Waals surface area contributed by atoms with Crippen LogP contribution in [0.2, 0.25) is 0 Å². The second kappa shape index (κ2) is 5.68. The molecule has 0 fully saturated rings. The quantitative estimate of drug-likeness (QED) is 0.789. The minimum absolute atomic E-state index is 0.546. The van der Waals surface area contributed by atoms with Crippen molar-refractivity contribution in [1.29, 1.82) is 0 Å². The molecule has 0 amide bonds. The third-order valence-electron chi connectivity index (χ3n) is 1.62. The van der Waals surface area contributed by atoms with Crippen LogP contribution < -0.4 is 5.32 Å². The predicted octanol–water partition coefficient (Wildman–Crippen LogP) is 2.33. The van der Waals surface area contributed by atoms with E-state index in [1.165, 1.54) is 0 Å². The van der Waals surface area contributed by atoms with Crippen LogP contribution in [0, 0.1) is 6.92 Å². The smallest absolute Gasteiger partial charge is 0.174 e. The zero-order valence-electron chi connectivity index (χ0n) is 9.07. The van der Waals surface area contributed by atoms with Crippen LogP contribution >= 0.6 is 23.1 Å². The summed E-state index contributed by atoms with van der Waals surface area (Å²) in [6, 6.07) is 0.550. The first-order chi connectivity index (χ1) is 6.58. The molecule has 3 nitrogen and oxygen atoms in total. The van der Waals surface area contributed by atoms with E-state index in [0.29, 0.717) is 11.3 Å². The molecular formula is C9H17N3S2. The first-order valence-electron chi connectivity index (χ1n) is 4.78. The number of hydrogen-bond acceptors (Lipinski definition) is 5. The lowest BCUT2D eigenvalue weighted by molar-refractivity contribution is 0.589. The summed E-state index contributed by atoms with van der Waals surface area (Å²) in [4.78, 5) is 0. The number of hydrogen-bond donors (Lipinski definition) is 1. The van der Waals surface area contributed by atoms with E-state index >= 15 is 0 Å². The zero-order chi connectivity index (χ0) is 10.6. The van der Waals surface area contributed by atoms with Gasteiger partial charge in [0.1, 0.15) is 5.01 Å². The van der Waals surface area contributed by atoms with Crippen LogP contribution in [0.5, 0.6) is 0 Å². The lowest BCUT2D eigenvalue weighted by Crippen LogP contribution is -2.28. The molecule has 0 aliphatic heterocycles. The average molecular weight is 231 g/mol. The van der Waals surface area contributed by atoms with Crippen LogP contribution in [0.3, 0.4) is 0 Å². The number of nitrogens with one attached hydrogen (secondary N) is 1. The van der Waals surface area contributed by atoms with Gasteiger partial charge >= 0.3 is 0 Å². The molecule has 0 aliphatic carbocycles. The van der Waals surface area contributed by atoms with E-state index in [4.69, 9.17) is 0 Å². The summed E-state index contributed by atoms with van der Waals surface area (Å²) in [5, 5.41) is 13.1. The van der Waals surface area contributed by atoms with Gasteiger partial charge < -0.3 is 5.32 Å². The van der Waals surface area contributed by atoms with Crippen LogP contribution in [-0.4, -0.2) is 28.0 Å². The summed E-state index contributed by atoms with van der Waals surface area (Å²) in [7, 11) is 0. The average Bonchev–Trinajstić information content (AvgIpc) is 2.48. The Labute approximate surface area is 93.7 Å². The van der Waals surface area contributed by atoms with Crippen molar-refractivity contribution < 1.29 is 0 Å². The molecule has 0 aliphatic rings. The molecule has 1 heterocycles. The first kappa shape index (κ1) is 11.9. The third-order valence-corrected chi connectivity index (χ3v) is 3.65. The summed E-state index contributed by atoms with van der Waals surface area (Å²) < 4.78 is 1.07. The number of thioether (sulfide) groups is 1. The summed E-state index contributed by atoms with van der Waals surface area (Å²) >= 11 is 3.45. The van der Waals surface area contributed by atoms with Gasteiger partial charge in [0.25, 0.3) is 0 Å². The van der Waals surface area contributed by atoms with Crippen molar-refractivity contribution >= 4 is 23.1 Å². The monoisotopic (exact) mass is 231 g/mol. The zero-order valence-corrected chi connectivity index (χ0v) is 10.7. The molecular weight excluding hydrogens is 214 g/mol. The van der Waals surface area contributed by atoms with Gasteiger partial charge in [-0.2, -0.15) is 0 Å². The lowest BCUT2D eigenvalue weighted by Gasteiger charge is -2.12. The highest BCUT2D eigenvalue weighted by Crippen LogP contribution is 2.25. The molecule has 0 saturated heterocycles. The molecule has 0 saturated carbocycles. The van der Waals surface area contributed by atoms with Gasteiger partial charge in [-0.05, 0) is 6.92 Å². The molecule has 5 heteroatoms. The van der Waals surface area contributed by atoms with Crippen LogP contribution in [0.1, 0.15) is 25.8 Å². The van der Waals surface area contributed by atoms with E-state index in [9.17, 15) is 0 Å². The van der Waals surface area contributed by atoms with Gasteiger partial charge in [0.2, 0.25) is 0 Å². The van der Waals surface area contributed by atoms with Crippen LogP contribution in [0.25, 0.3) is 0 Å². The van der Waals surface area contributed by atoms with Gasteiger partial charge in [0, 0.05) is 17.8 Å². The van der Waals surface area contributed by atoms with Gasteiger partial charge in [-0.25, -0.2) is 0 Å². The third kappa shape index (κ3) is 4.39. The maximum absolute atomic E-state index is 4.09. The standard InChI is InChI=1S/C9H17N3S2/c1-6(2)10-5-7(3)13-9-12-11-8(4)14-9/h6-7,10H,5H2,1-4H3. The highest BCUT2D eigenvalue weighted by atomic mass is 32.2. The maximum Gasteiger partial charge on any atom is 0.174 e. The van der Waals surface area contributed by atoms with Gasteiger partial charge in [-0.1, -0.05) is 43.9 Å². The molecule has 1 unspecified atom stereocenters. The maximum atomic E-state index is 4.09. The Morgan fingerprint density at radius 2 is 2.07 bits per heavy atom. The van der Waals surface area contributed by atoms with Gasteiger partial charge in [-0.3, -0.25) is 0 Å². The van der Waals surface area contributed by atoms with E-state index in [2.05, 4.69) is 36.3 Å². The minimum Gasteiger partial charge on any atom is -0.313 e. The number of rotatable bonds is 5. The van der Waals surface area contributed by atoms with Crippen molar-refractivity contribution in [2.45, 2.75) is 43.3 Å². The van der Waals surface area contributed by atoms with Crippen LogP contribution in [0.15, 0.2) is 4.34 Å². The Morgan fingerprint density at radius 1 is 1.36 bits per heavy atom. The van der Waals surface area contributed by atoms with Crippen molar-refractivity contribution in [3.63, 3.8) is 0 Å². The Kier molecular flexibility index (Phi) is 4.84. The lowest BCUT2D eigenvalue weighted by atomic mass is 10.3. The van der Waals surface area contributed by atoms with Crippen LogP contribution in [0.4, 0.5) is 0 Å². The molecule has 0 aromatic carbocycles. The van der Waals surface area contributed by atoms with Crippen molar-refractivity contribution in [1.82, 2.24) is 15.5 Å². The fraction of sp³-hybridized carbons (Fsp3) is 0.778. The first-order valence-corrected chi connectivity index (χ1v) is 6.47. The number of aryl methyl sites for hydroxylation is 1. The molecule has 1 N–H and O–H groups in total. The minimum atomic E-state index is 0.546. The van der Waals surface area contributed by atoms with E-state index in [1.54, 1.807) is 23.1 Å². The summed E-state index contributed by atoms with van der Waals surface area (Å²) in [6.07, 6.45) is 0. The Balaban J connectivity index is 2.30. The molecule has 1 atom stereocenters. The van der Waals surface area contributed by atoms with Gasteiger partial charge in [0.05, 0.1) is 0 Å². The SMILES string of the molecule is Cc1nnc(SC(C)CNC(C)C)s1. The number of aromatic nitrogens is 2. The fourth-order valence-corrected chi connectivity index (χ4v) is 3.02. The normalized spacial score (nSPS) is 13.5. The van der Waals surface area contributed by atoms with Crippen LogP contribution in [-0.2, 0) is 0 Å². The second-order valence-electron chi connectivity index (χ2n) is 3.58. The highest BCUT2D eigenvalue weighted by molar-refractivity contribution is 8.01. The summed E-state index contributed by atoms with van der Waals surface area (Å²) in [5.74, 6) is 0. The summed E-state index contributed by atoms with van der Waals surface area (Å²) in [5.41, 5.74) is 0. The van der Waals surface area contributed by atoms with Gasteiger partial charge in [-0.15, -0.1) is 10.2 Å². The van der Waals surface area contributed by atoms with E-state index in [-0.39, 0.29) is 0 Å². The van der Waals surface area contributed by atoms with Gasteiger partial charge in [0.15, 0.2) is 4.34 Å². The molecule has 1 aromatic rings. The second-order valence-corrected chi connectivity index (χ2v) is 6.45. The van der Waals surface area contributed by atoms with E-state index < -0.39 is 0 Å². The Bertz CT molecular complexity index is 273. The molecule has 14 heavy (non-hydrogen) atoms. The Hall–Kier alpha value is -0.130. The van der Waals surface area contributed by atoms with E-state index in [0.717, 1.165) is 15.9 Å².